The molecule has 1 saturated carbocycles. The number of rotatable bonds is 4. The van der Waals surface area contributed by atoms with Crippen LogP contribution >= 0.6 is 12.2 Å². The van der Waals surface area contributed by atoms with Crippen LogP contribution in [0, 0.1) is 5.92 Å². The van der Waals surface area contributed by atoms with Crippen LogP contribution in [0.2, 0.25) is 0 Å². The van der Waals surface area contributed by atoms with Gasteiger partial charge >= 0.3 is 0 Å². The number of pyridine rings is 1. The monoisotopic (exact) mass is 291 g/mol. The molecule has 0 bridgehead atoms. The molecule has 0 saturated heterocycles. The molecule has 2 rings (SSSR count). The van der Waals surface area contributed by atoms with E-state index < -0.39 is 5.54 Å². The fourth-order valence-corrected chi connectivity index (χ4v) is 3.06. The maximum Gasteiger partial charge on any atom is 0.252 e. The smallest absolute Gasteiger partial charge is 0.252 e. The number of nitrogens with zero attached hydrogens (tertiary/aromatic N) is 1. The van der Waals surface area contributed by atoms with Crippen molar-refractivity contribution in [2.45, 2.75) is 44.6 Å². The van der Waals surface area contributed by atoms with Crippen LogP contribution in [0.1, 0.15) is 49.4 Å². The Balaban J connectivity index is 2.11. The Morgan fingerprint density at radius 2 is 2.05 bits per heavy atom. The van der Waals surface area contributed by atoms with E-state index >= 15 is 0 Å². The van der Waals surface area contributed by atoms with Crippen molar-refractivity contribution in [2.24, 2.45) is 11.7 Å². The molecule has 4 nitrogen and oxygen atoms in total. The third-order valence-electron chi connectivity index (χ3n) is 4.30. The van der Waals surface area contributed by atoms with Crippen LogP contribution in [0.5, 0.6) is 0 Å². The molecular weight excluding hydrogens is 270 g/mol. The fraction of sp³-hybridized carbons (Fsp3) is 0.533. The Morgan fingerprint density at radius 3 is 2.55 bits per heavy atom. The standard InChI is InChI=1S/C15H21N3OS/c1-2-11-3-7-15(8-4-11,14(16)20)18-13(19)12-5-9-17-10-6-12/h5-6,9-11H,2-4,7-8H2,1H3,(H2,16,20)(H,18,19). The predicted molar refractivity (Wildman–Crippen MR) is 83.5 cm³/mol. The SMILES string of the molecule is CCC1CCC(NC(=O)c2ccncc2)(C(N)=S)CC1. The van der Waals surface area contributed by atoms with Crippen LogP contribution in [0.25, 0.3) is 0 Å². The van der Waals surface area contributed by atoms with E-state index in [9.17, 15) is 4.79 Å². The lowest BCUT2D eigenvalue weighted by Gasteiger charge is -2.40. The van der Waals surface area contributed by atoms with Crippen LogP contribution in [0.3, 0.4) is 0 Å². The van der Waals surface area contributed by atoms with Gasteiger partial charge in [-0.15, -0.1) is 0 Å². The molecular formula is C15H21N3OS. The van der Waals surface area contributed by atoms with Gasteiger partial charge in [0.2, 0.25) is 0 Å². The first kappa shape index (κ1) is 14.9. The average Bonchev–Trinajstić information content (AvgIpc) is 2.48. The number of carbonyl (C=O) groups excluding carboxylic acids is 1. The van der Waals surface area contributed by atoms with Crippen LogP contribution in [0.4, 0.5) is 0 Å². The van der Waals surface area contributed by atoms with E-state index in [1.165, 1.54) is 6.42 Å². The van der Waals surface area contributed by atoms with Gasteiger partial charge in [-0.3, -0.25) is 9.78 Å². The van der Waals surface area contributed by atoms with Gasteiger partial charge in [0.25, 0.3) is 5.91 Å². The minimum Gasteiger partial charge on any atom is -0.391 e. The van der Waals surface area contributed by atoms with Gasteiger partial charge in [0.1, 0.15) is 0 Å². The van der Waals surface area contributed by atoms with Crippen molar-refractivity contribution >= 4 is 23.1 Å². The van der Waals surface area contributed by atoms with Gasteiger partial charge in [-0.05, 0) is 43.7 Å². The molecule has 108 valence electrons. The number of hydrogen-bond donors (Lipinski definition) is 2. The third kappa shape index (κ3) is 3.15. The molecule has 1 amide bonds. The van der Waals surface area contributed by atoms with Crippen LogP contribution in [-0.4, -0.2) is 21.4 Å². The fourth-order valence-electron chi connectivity index (χ4n) is 2.80. The molecule has 1 aromatic rings. The molecule has 5 heteroatoms. The molecule has 1 aromatic heterocycles. The van der Waals surface area contributed by atoms with Crippen LogP contribution in [0.15, 0.2) is 24.5 Å². The summed E-state index contributed by atoms with van der Waals surface area (Å²) in [4.78, 5) is 16.6. The first-order chi connectivity index (χ1) is 9.57. The molecule has 0 aromatic carbocycles. The third-order valence-corrected chi connectivity index (χ3v) is 4.69. The van der Waals surface area contributed by atoms with E-state index in [4.69, 9.17) is 18.0 Å². The number of nitrogens with one attached hydrogen (secondary N) is 1. The molecule has 20 heavy (non-hydrogen) atoms. The molecule has 0 aliphatic heterocycles. The van der Waals surface area contributed by atoms with E-state index in [1.807, 2.05) is 0 Å². The number of carbonyl (C=O) groups is 1. The lowest BCUT2D eigenvalue weighted by Crippen LogP contribution is -2.58. The number of thiocarbonyl (C=S) groups is 1. The first-order valence-corrected chi connectivity index (χ1v) is 7.50. The quantitative estimate of drug-likeness (QED) is 0.836. The van der Waals surface area contributed by atoms with Crippen LogP contribution < -0.4 is 11.1 Å². The minimum absolute atomic E-state index is 0.129. The van der Waals surface area contributed by atoms with E-state index in [0.717, 1.165) is 31.6 Å². The summed E-state index contributed by atoms with van der Waals surface area (Å²) in [6.07, 6.45) is 8.17. The largest absolute Gasteiger partial charge is 0.391 e. The summed E-state index contributed by atoms with van der Waals surface area (Å²) in [5.74, 6) is 0.588. The molecule has 3 N–H and O–H groups in total. The molecule has 1 aliphatic carbocycles. The minimum atomic E-state index is -0.526. The number of aromatic nitrogens is 1. The van der Waals surface area contributed by atoms with Gasteiger partial charge in [-0.25, -0.2) is 0 Å². The number of hydrogen-bond acceptors (Lipinski definition) is 3. The summed E-state index contributed by atoms with van der Waals surface area (Å²) >= 11 is 5.22. The number of amides is 1. The maximum absolute atomic E-state index is 12.3. The summed E-state index contributed by atoms with van der Waals surface area (Å²) in [5.41, 5.74) is 5.98. The van der Waals surface area contributed by atoms with E-state index in [1.54, 1.807) is 24.5 Å². The molecule has 0 atom stereocenters. The zero-order chi connectivity index (χ0) is 14.6. The highest BCUT2D eigenvalue weighted by Gasteiger charge is 2.38. The van der Waals surface area contributed by atoms with Gasteiger partial charge < -0.3 is 11.1 Å². The Bertz CT molecular complexity index is 481. The highest BCUT2D eigenvalue weighted by molar-refractivity contribution is 7.80. The second-order valence-corrected chi connectivity index (χ2v) is 5.93. The van der Waals surface area contributed by atoms with E-state index in [2.05, 4.69) is 17.2 Å². The molecule has 0 spiro atoms. The summed E-state index contributed by atoms with van der Waals surface area (Å²) < 4.78 is 0. The molecule has 1 fully saturated rings. The van der Waals surface area contributed by atoms with Crippen molar-refractivity contribution in [1.82, 2.24) is 10.3 Å². The topological polar surface area (TPSA) is 68.0 Å². The Morgan fingerprint density at radius 1 is 1.45 bits per heavy atom. The van der Waals surface area contributed by atoms with Crippen molar-refractivity contribution < 1.29 is 4.79 Å². The predicted octanol–water partition coefficient (Wildman–Crippen LogP) is 2.44. The number of nitrogens with two attached hydrogens (primary N) is 1. The van der Waals surface area contributed by atoms with E-state index in [0.29, 0.717) is 10.6 Å². The maximum atomic E-state index is 12.3. The Kier molecular flexibility index (Phi) is 4.70. The summed E-state index contributed by atoms with van der Waals surface area (Å²) in [7, 11) is 0. The Labute approximate surface area is 125 Å². The summed E-state index contributed by atoms with van der Waals surface area (Å²) in [6, 6.07) is 3.39. The van der Waals surface area contributed by atoms with Gasteiger partial charge in [0.15, 0.2) is 0 Å². The van der Waals surface area contributed by atoms with Crippen molar-refractivity contribution in [3.05, 3.63) is 30.1 Å². The van der Waals surface area contributed by atoms with Crippen molar-refractivity contribution in [3.63, 3.8) is 0 Å². The van der Waals surface area contributed by atoms with Gasteiger partial charge in [0.05, 0.1) is 10.5 Å². The zero-order valence-electron chi connectivity index (χ0n) is 11.8. The van der Waals surface area contributed by atoms with E-state index in [-0.39, 0.29) is 5.91 Å². The van der Waals surface area contributed by atoms with Gasteiger partial charge in [0, 0.05) is 18.0 Å². The molecule has 1 heterocycles. The van der Waals surface area contributed by atoms with Gasteiger partial charge in [-0.1, -0.05) is 25.6 Å². The van der Waals surface area contributed by atoms with Crippen molar-refractivity contribution in [1.29, 1.82) is 0 Å². The highest BCUT2D eigenvalue weighted by atomic mass is 32.1. The second-order valence-electron chi connectivity index (χ2n) is 5.49. The zero-order valence-corrected chi connectivity index (χ0v) is 12.6. The highest BCUT2D eigenvalue weighted by Crippen LogP contribution is 2.34. The molecule has 1 aliphatic rings. The molecule has 0 unspecified atom stereocenters. The summed E-state index contributed by atoms with van der Waals surface area (Å²) in [6.45, 7) is 2.20. The lowest BCUT2D eigenvalue weighted by molar-refractivity contribution is 0.0898. The molecule has 0 radical (unpaired) electrons. The van der Waals surface area contributed by atoms with Gasteiger partial charge in [-0.2, -0.15) is 0 Å². The van der Waals surface area contributed by atoms with Crippen molar-refractivity contribution in [3.8, 4) is 0 Å². The Hall–Kier alpha value is -1.49. The average molecular weight is 291 g/mol. The normalized spacial score (nSPS) is 25.9. The van der Waals surface area contributed by atoms with Crippen molar-refractivity contribution in [2.75, 3.05) is 0 Å². The summed E-state index contributed by atoms with van der Waals surface area (Å²) in [5, 5.41) is 3.06. The lowest BCUT2D eigenvalue weighted by atomic mass is 9.75. The first-order valence-electron chi connectivity index (χ1n) is 7.10. The second kappa shape index (κ2) is 6.31. The van der Waals surface area contributed by atoms with Crippen LogP contribution in [-0.2, 0) is 0 Å².